The van der Waals surface area contributed by atoms with Crippen molar-refractivity contribution in [3.8, 4) is 0 Å². The van der Waals surface area contributed by atoms with E-state index in [0.717, 1.165) is 5.56 Å². The Morgan fingerprint density at radius 2 is 2.08 bits per heavy atom. The molecule has 2 aliphatic rings. The van der Waals surface area contributed by atoms with Crippen molar-refractivity contribution in [2.45, 2.75) is 24.9 Å². The van der Waals surface area contributed by atoms with Gasteiger partial charge in [-0.15, -0.1) is 5.10 Å². The number of aromatic nitrogens is 4. The number of benzene rings is 1. The molecule has 1 unspecified atom stereocenters. The fourth-order valence-corrected chi connectivity index (χ4v) is 3.70. The average Bonchev–Trinajstić information content (AvgIpc) is 3.29. The van der Waals surface area contributed by atoms with Crippen molar-refractivity contribution in [3.05, 3.63) is 42.2 Å². The summed E-state index contributed by atoms with van der Waals surface area (Å²) < 4.78 is 6.88. The summed E-state index contributed by atoms with van der Waals surface area (Å²) in [5.74, 6) is 0.0342. The van der Waals surface area contributed by atoms with Gasteiger partial charge in [0.1, 0.15) is 18.5 Å². The van der Waals surface area contributed by atoms with Gasteiger partial charge in [-0.25, -0.2) is 9.48 Å². The van der Waals surface area contributed by atoms with Gasteiger partial charge in [-0.05, 0) is 16.0 Å². The summed E-state index contributed by atoms with van der Waals surface area (Å²) in [5.41, 5.74) is 0.625. The molecular weight excluding hydrogens is 336 g/mol. The quantitative estimate of drug-likeness (QED) is 0.767. The van der Waals surface area contributed by atoms with Crippen LogP contribution in [0, 0.1) is 0 Å². The first-order valence-electron chi connectivity index (χ1n) is 8.63. The van der Waals surface area contributed by atoms with E-state index in [4.69, 9.17) is 4.74 Å². The summed E-state index contributed by atoms with van der Waals surface area (Å²) in [5, 5.41) is 10.9. The van der Waals surface area contributed by atoms with Crippen LogP contribution in [0.5, 0.6) is 0 Å². The number of ether oxygens (including phenoxy) is 1. The summed E-state index contributed by atoms with van der Waals surface area (Å²) in [6.45, 7) is 2.22. The zero-order chi connectivity index (χ0) is 18.0. The number of carbonyl (C=O) groups excluding carboxylic acids is 2. The molecule has 0 N–H and O–H groups in total. The lowest BCUT2D eigenvalue weighted by molar-refractivity contribution is -0.135. The van der Waals surface area contributed by atoms with E-state index in [1.54, 1.807) is 4.90 Å². The number of piperazine rings is 1. The lowest BCUT2D eigenvalue weighted by Crippen LogP contribution is -2.63. The number of aryl methyl sites for hydroxylation is 1. The third-order valence-corrected chi connectivity index (χ3v) is 5.01. The first-order chi connectivity index (χ1) is 12.7. The Morgan fingerprint density at radius 3 is 2.85 bits per heavy atom. The molecule has 1 atom stereocenters. The van der Waals surface area contributed by atoms with Crippen LogP contribution in [0.15, 0.2) is 36.7 Å². The van der Waals surface area contributed by atoms with Gasteiger partial charge < -0.3 is 9.64 Å². The van der Waals surface area contributed by atoms with Gasteiger partial charge in [-0.2, -0.15) is 0 Å². The number of hydrogen-bond acceptors (Lipinski definition) is 6. The highest BCUT2D eigenvalue weighted by Crippen LogP contribution is 2.32. The molecule has 4 rings (SSSR count). The van der Waals surface area contributed by atoms with Crippen LogP contribution in [0.2, 0.25) is 0 Å². The number of carbonyl (C=O) groups is 2. The van der Waals surface area contributed by atoms with E-state index in [1.807, 2.05) is 35.2 Å². The van der Waals surface area contributed by atoms with E-state index in [0.29, 0.717) is 45.6 Å². The van der Waals surface area contributed by atoms with Crippen molar-refractivity contribution < 1.29 is 14.3 Å². The van der Waals surface area contributed by atoms with Gasteiger partial charge in [0.05, 0.1) is 6.54 Å². The molecule has 2 amide bonds. The van der Waals surface area contributed by atoms with Crippen LogP contribution < -0.4 is 0 Å². The van der Waals surface area contributed by atoms with E-state index in [1.165, 1.54) is 11.0 Å². The molecule has 3 heterocycles. The summed E-state index contributed by atoms with van der Waals surface area (Å²) in [6, 6.07) is 9.99. The van der Waals surface area contributed by atoms with Gasteiger partial charge >= 0.3 is 6.09 Å². The minimum Gasteiger partial charge on any atom is -0.447 e. The highest BCUT2D eigenvalue weighted by atomic mass is 16.6. The van der Waals surface area contributed by atoms with Crippen LogP contribution in [0.25, 0.3) is 0 Å². The molecule has 136 valence electrons. The molecule has 0 aliphatic carbocycles. The SMILES string of the molecule is O=C(CCn1cnnn1)N1CCN2C(=O)OCC2(Cc2ccccc2)C1. The molecule has 26 heavy (non-hydrogen) atoms. The molecule has 2 saturated heterocycles. The van der Waals surface area contributed by atoms with Crippen LogP contribution in [-0.4, -0.2) is 73.8 Å². The monoisotopic (exact) mass is 356 g/mol. The van der Waals surface area contributed by atoms with E-state index in [-0.39, 0.29) is 12.0 Å². The topological polar surface area (TPSA) is 93.5 Å². The number of nitrogens with zero attached hydrogens (tertiary/aromatic N) is 6. The summed E-state index contributed by atoms with van der Waals surface area (Å²) in [7, 11) is 0. The number of amides is 2. The number of hydrogen-bond donors (Lipinski definition) is 0. The summed E-state index contributed by atoms with van der Waals surface area (Å²) in [6.07, 6.45) is 2.19. The van der Waals surface area contributed by atoms with Gasteiger partial charge in [0, 0.05) is 32.5 Å². The van der Waals surface area contributed by atoms with Gasteiger partial charge in [-0.3, -0.25) is 9.69 Å². The van der Waals surface area contributed by atoms with E-state index < -0.39 is 5.54 Å². The molecule has 2 fully saturated rings. The van der Waals surface area contributed by atoms with Crippen molar-refractivity contribution >= 4 is 12.0 Å². The Labute approximate surface area is 150 Å². The number of cyclic esters (lactones) is 1. The van der Waals surface area contributed by atoms with Crippen LogP contribution in [-0.2, 0) is 22.5 Å². The smallest absolute Gasteiger partial charge is 0.410 e. The van der Waals surface area contributed by atoms with Crippen molar-refractivity contribution in [1.29, 1.82) is 0 Å². The van der Waals surface area contributed by atoms with Crippen LogP contribution >= 0.6 is 0 Å². The number of rotatable bonds is 5. The third kappa shape index (κ3) is 3.12. The van der Waals surface area contributed by atoms with Gasteiger partial charge in [0.15, 0.2) is 0 Å². The second kappa shape index (κ2) is 6.74. The Kier molecular flexibility index (Phi) is 4.27. The minimum atomic E-state index is -0.499. The largest absolute Gasteiger partial charge is 0.447 e. The van der Waals surface area contributed by atoms with E-state index in [9.17, 15) is 9.59 Å². The second-order valence-electron chi connectivity index (χ2n) is 6.73. The van der Waals surface area contributed by atoms with Crippen molar-refractivity contribution in [2.75, 3.05) is 26.2 Å². The molecule has 2 aromatic rings. The number of tetrazole rings is 1. The maximum Gasteiger partial charge on any atom is 0.410 e. The fraction of sp³-hybridized carbons (Fsp3) is 0.471. The molecule has 1 aromatic heterocycles. The second-order valence-corrected chi connectivity index (χ2v) is 6.73. The zero-order valence-corrected chi connectivity index (χ0v) is 14.3. The normalized spacial score (nSPS) is 22.2. The van der Waals surface area contributed by atoms with Crippen LogP contribution in [0.4, 0.5) is 4.79 Å². The van der Waals surface area contributed by atoms with Crippen molar-refractivity contribution in [1.82, 2.24) is 30.0 Å². The molecule has 2 aliphatic heterocycles. The molecule has 0 radical (unpaired) electrons. The first kappa shape index (κ1) is 16.5. The Hall–Kier alpha value is -2.97. The lowest BCUT2D eigenvalue weighted by atomic mass is 9.88. The zero-order valence-electron chi connectivity index (χ0n) is 14.3. The average molecular weight is 356 g/mol. The number of fused-ring (bicyclic) bond motifs is 1. The molecule has 0 bridgehead atoms. The first-order valence-corrected chi connectivity index (χ1v) is 8.63. The van der Waals surface area contributed by atoms with Crippen LogP contribution in [0.3, 0.4) is 0 Å². The Bertz CT molecular complexity index is 781. The predicted octanol–water partition coefficient (Wildman–Crippen LogP) is 0.339. The lowest BCUT2D eigenvalue weighted by Gasteiger charge is -2.44. The molecule has 0 saturated carbocycles. The summed E-state index contributed by atoms with van der Waals surface area (Å²) >= 11 is 0. The Balaban J connectivity index is 1.47. The van der Waals surface area contributed by atoms with Gasteiger partial charge in [0.2, 0.25) is 5.91 Å². The predicted molar refractivity (Wildman–Crippen MR) is 89.9 cm³/mol. The highest BCUT2D eigenvalue weighted by Gasteiger charge is 2.51. The molecule has 1 aromatic carbocycles. The molecular formula is C17H20N6O3. The highest BCUT2D eigenvalue weighted by molar-refractivity contribution is 5.78. The fourth-order valence-electron chi connectivity index (χ4n) is 3.70. The molecule has 9 heteroatoms. The van der Waals surface area contributed by atoms with Crippen molar-refractivity contribution in [3.63, 3.8) is 0 Å². The van der Waals surface area contributed by atoms with E-state index in [2.05, 4.69) is 15.5 Å². The molecule has 0 spiro atoms. The maximum atomic E-state index is 12.7. The summed E-state index contributed by atoms with van der Waals surface area (Å²) in [4.78, 5) is 28.4. The van der Waals surface area contributed by atoms with Gasteiger partial charge in [-0.1, -0.05) is 30.3 Å². The molecule has 9 nitrogen and oxygen atoms in total. The van der Waals surface area contributed by atoms with Crippen LogP contribution in [0.1, 0.15) is 12.0 Å². The van der Waals surface area contributed by atoms with E-state index >= 15 is 0 Å². The minimum absolute atomic E-state index is 0.0342. The third-order valence-electron chi connectivity index (χ3n) is 5.01. The van der Waals surface area contributed by atoms with Crippen molar-refractivity contribution in [2.24, 2.45) is 0 Å². The standard InChI is InChI=1S/C17H20N6O3/c24-15(6-7-22-13-18-19-20-22)21-8-9-23-16(25)26-12-17(23,11-21)10-14-4-2-1-3-5-14/h1-5,13H,6-12H2. The van der Waals surface area contributed by atoms with Gasteiger partial charge in [0.25, 0.3) is 0 Å². The Morgan fingerprint density at radius 1 is 1.23 bits per heavy atom. The maximum absolute atomic E-state index is 12.7.